The summed E-state index contributed by atoms with van der Waals surface area (Å²) in [5.74, 6) is -0.346. The summed E-state index contributed by atoms with van der Waals surface area (Å²) in [5, 5.41) is 4.18. The van der Waals surface area contributed by atoms with Crippen LogP contribution >= 0.6 is 0 Å². The van der Waals surface area contributed by atoms with E-state index in [1.54, 1.807) is 11.6 Å². The van der Waals surface area contributed by atoms with Crippen LogP contribution in [0.5, 0.6) is 0 Å². The number of morpholine rings is 1. The minimum absolute atomic E-state index is 0.346. The first-order valence-corrected chi connectivity index (χ1v) is 6.20. The quantitative estimate of drug-likeness (QED) is 0.728. The molecule has 0 atom stereocenters. The van der Waals surface area contributed by atoms with Crippen LogP contribution in [0.4, 0.5) is 0 Å². The van der Waals surface area contributed by atoms with Gasteiger partial charge in [-0.1, -0.05) is 0 Å². The minimum Gasteiger partial charge on any atom is -0.461 e. The number of carbonyl (C=O) groups is 1. The van der Waals surface area contributed by atoms with Crippen LogP contribution in [-0.2, 0) is 23.1 Å². The standard InChI is InChI=1S/C12H19N3O3/c1-3-18-12(16)11-10(8-14(2)13-11)9-15-4-6-17-7-5-15/h8H,3-7,9H2,1-2H3. The Labute approximate surface area is 106 Å². The molecule has 1 saturated heterocycles. The molecule has 0 aromatic carbocycles. The van der Waals surface area contributed by atoms with E-state index in [1.165, 1.54) is 0 Å². The highest BCUT2D eigenvalue weighted by molar-refractivity contribution is 5.88. The largest absolute Gasteiger partial charge is 0.461 e. The fourth-order valence-corrected chi connectivity index (χ4v) is 2.02. The molecule has 0 unspecified atom stereocenters. The van der Waals surface area contributed by atoms with E-state index in [9.17, 15) is 4.79 Å². The lowest BCUT2D eigenvalue weighted by molar-refractivity contribution is 0.0336. The molecule has 0 amide bonds. The molecule has 2 heterocycles. The molecule has 0 N–H and O–H groups in total. The van der Waals surface area contributed by atoms with Gasteiger partial charge in [0, 0.05) is 38.4 Å². The SMILES string of the molecule is CCOC(=O)c1nn(C)cc1CN1CCOCC1. The number of aryl methyl sites for hydroxylation is 1. The molecule has 1 aliphatic rings. The van der Waals surface area contributed by atoms with Crippen LogP contribution in [0, 0.1) is 0 Å². The molecule has 1 aromatic heterocycles. The maximum Gasteiger partial charge on any atom is 0.359 e. The van der Waals surface area contributed by atoms with Crippen LogP contribution in [0.25, 0.3) is 0 Å². The molecule has 6 nitrogen and oxygen atoms in total. The summed E-state index contributed by atoms with van der Waals surface area (Å²) in [7, 11) is 1.81. The molecule has 0 spiro atoms. The highest BCUT2D eigenvalue weighted by atomic mass is 16.5. The normalized spacial score (nSPS) is 16.8. The van der Waals surface area contributed by atoms with Crippen molar-refractivity contribution in [1.82, 2.24) is 14.7 Å². The van der Waals surface area contributed by atoms with Crippen LogP contribution in [0.15, 0.2) is 6.20 Å². The van der Waals surface area contributed by atoms with E-state index in [4.69, 9.17) is 9.47 Å². The molecule has 1 aliphatic heterocycles. The molecule has 100 valence electrons. The van der Waals surface area contributed by atoms with Gasteiger partial charge in [0.25, 0.3) is 0 Å². The predicted octanol–water partition coefficient (Wildman–Crippen LogP) is 0.429. The van der Waals surface area contributed by atoms with Crippen molar-refractivity contribution in [1.29, 1.82) is 0 Å². The third-order valence-electron chi connectivity index (χ3n) is 2.87. The fraction of sp³-hybridized carbons (Fsp3) is 0.667. The van der Waals surface area contributed by atoms with Gasteiger partial charge in [0.05, 0.1) is 19.8 Å². The van der Waals surface area contributed by atoms with Crippen molar-refractivity contribution in [2.75, 3.05) is 32.9 Å². The highest BCUT2D eigenvalue weighted by Crippen LogP contribution is 2.12. The van der Waals surface area contributed by atoms with E-state index in [0.29, 0.717) is 18.8 Å². The Balaban J connectivity index is 2.08. The van der Waals surface area contributed by atoms with Crippen LogP contribution in [0.3, 0.4) is 0 Å². The molecular weight excluding hydrogens is 234 g/mol. The lowest BCUT2D eigenvalue weighted by atomic mass is 10.2. The number of hydrogen-bond acceptors (Lipinski definition) is 5. The zero-order chi connectivity index (χ0) is 13.0. The molecule has 1 aromatic rings. The summed E-state index contributed by atoms with van der Waals surface area (Å²) >= 11 is 0. The van der Waals surface area contributed by atoms with E-state index in [-0.39, 0.29) is 5.97 Å². The summed E-state index contributed by atoms with van der Waals surface area (Å²) in [6.45, 7) is 6.14. The molecule has 0 saturated carbocycles. The summed E-state index contributed by atoms with van der Waals surface area (Å²) in [5.41, 5.74) is 1.34. The van der Waals surface area contributed by atoms with Gasteiger partial charge in [0.15, 0.2) is 5.69 Å². The topological polar surface area (TPSA) is 56.6 Å². The molecule has 18 heavy (non-hydrogen) atoms. The second-order valence-corrected chi connectivity index (χ2v) is 4.29. The van der Waals surface area contributed by atoms with E-state index in [1.807, 2.05) is 13.2 Å². The van der Waals surface area contributed by atoms with Gasteiger partial charge in [0.2, 0.25) is 0 Å². The van der Waals surface area contributed by atoms with E-state index >= 15 is 0 Å². The van der Waals surface area contributed by atoms with Crippen LogP contribution < -0.4 is 0 Å². The number of nitrogens with zero attached hydrogens (tertiary/aromatic N) is 3. The molecule has 6 heteroatoms. The van der Waals surface area contributed by atoms with E-state index in [2.05, 4.69) is 10.00 Å². The van der Waals surface area contributed by atoms with Gasteiger partial charge >= 0.3 is 5.97 Å². The lowest BCUT2D eigenvalue weighted by Crippen LogP contribution is -2.35. The highest BCUT2D eigenvalue weighted by Gasteiger charge is 2.20. The van der Waals surface area contributed by atoms with Gasteiger partial charge in [-0.2, -0.15) is 5.10 Å². The molecule has 0 aliphatic carbocycles. The van der Waals surface area contributed by atoms with Gasteiger partial charge in [-0.25, -0.2) is 4.79 Å². The first-order chi connectivity index (χ1) is 8.70. The summed E-state index contributed by atoms with van der Waals surface area (Å²) in [6.07, 6.45) is 1.88. The molecule has 1 fully saturated rings. The second kappa shape index (κ2) is 5.97. The maximum atomic E-state index is 11.8. The third kappa shape index (κ3) is 3.08. The number of hydrogen-bond donors (Lipinski definition) is 0. The smallest absolute Gasteiger partial charge is 0.359 e. The zero-order valence-electron chi connectivity index (χ0n) is 10.9. The Kier molecular flexibility index (Phi) is 4.33. The van der Waals surface area contributed by atoms with Gasteiger partial charge in [-0.05, 0) is 6.92 Å². The first kappa shape index (κ1) is 13.0. The average Bonchev–Trinajstić information content (AvgIpc) is 2.72. The Hall–Kier alpha value is -1.40. The zero-order valence-corrected chi connectivity index (χ0v) is 10.9. The van der Waals surface area contributed by atoms with Crippen molar-refractivity contribution in [3.8, 4) is 0 Å². The Morgan fingerprint density at radius 2 is 2.22 bits per heavy atom. The molecule has 0 radical (unpaired) electrons. The number of ether oxygens (including phenoxy) is 2. The van der Waals surface area contributed by atoms with Crippen LogP contribution in [0.1, 0.15) is 23.0 Å². The maximum absolute atomic E-state index is 11.8. The average molecular weight is 253 g/mol. The van der Waals surface area contributed by atoms with Crippen LogP contribution in [0.2, 0.25) is 0 Å². The molecular formula is C12H19N3O3. The summed E-state index contributed by atoms with van der Waals surface area (Å²) in [6, 6.07) is 0. The van der Waals surface area contributed by atoms with Gasteiger partial charge in [-0.3, -0.25) is 9.58 Å². The Morgan fingerprint density at radius 3 is 2.89 bits per heavy atom. The first-order valence-electron chi connectivity index (χ1n) is 6.20. The van der Waals surface area contributed by atoms with Crippen molar-refractivity contribution in [2.45, 2.75) is 13.5 Å². The van der Waals surface area contributed by atoms with Crippen molar-refractivity contribution in [3.63, 3.8) is 0 Å². The Morgan fingerprint density at radius 1 is 1.50 bits per heavy atom. The van der Waals surface area contributed by atoms with Gasteiger partial charge in [-0.15, -0.1) is 0 Å². The predicted molar refractivity (Wildman–Crippen MR) is 65.3 cm³/mol. The number of rotatable bonds is 4. The van der Waals surface area contributed by atoms with Crippen molar-refractivity contribution in [3.05, 3.63) is 17.5 Å². The monoisotopic (exact) mass is 253 g/mol. The van der Waals surface area contributed by atoms with Gasteiger partial charge in [0.1, 0.15) is 0 Å². The molecule has 0 bridgehead atoms. The molecule has 2 rings (SSSR count). The number of esters is 1. The van der Waals surface area contributed by atoms with Crippen molar-refractivity contribution in [2.24, 2.45) is 7.05 Å². The Bertz CT molecular complexity index is 411. The fourth-order valence-electron chi connectivity index (χ4n) is 2.02. The number of carbonyl (C=O) groups excluding carboxylic acids is 1. The van der Waals surface area contributed by atoms with Gasteiger partial charge < -0.3 is 9.47 Å². The van der Waals surface area contributed by atoms with E-state index in [0.717, 1.165) is 31.9 Å². The minimum atomic E-state index is -0.346. The van der Waals surface area contributed by atoms with E-state index < -0.39 is 0 Å². The van der Waals surface area contributed by atoms with Crippen molar-refractivity contribution < 1.29 is 14.3 Å². The number of aromatic nitrogens is 2. The third-order valence-corrected chi connectivity index (χ3v) is 2.87. The van der Waals surface area contributed by atoms with Crippen molar-refractivity contribution >= 4 is 5.97 Å². The summed E-state index contributed by atoms with van der Waals surface area (Å²) < 4.78 is 12.0. The second-order valence-electron chi connectivity index (χ2n) is 4.29. The van der Waals surface area contributed by atoms with Crippen LogP contribution in [-0.4, -0.2) is 53.6 Å². The summed E-state index contributed by atoms with van der Waals surface area (Å²) in [4.78, 5) is 14.0. The lowest BCUT2D eigenvalue weighted by Gasteiger charge is -2.26.